The van der Waals surface area contributed by atoms with Crippen molar-refractivity contribution in [2.45, 2.75) is 19.2 Å². The summed E-state index contributed by atoms with van der Waals surface area (Å²) in [6.45, 7) is 2.26. The Balaban J connectivity index is 1.56. The van der Waals surface area contributed by atoms with Gasteiger partial charge in [-0.05, 0) is 49.4 Å². The zero-order valence-corrected chi connectivity index (χ0v) is 19.1. The number of hydrogen-bond acceptors (Lipinski definition) is 6. The van der Waals surface area contributed by atoms with Crippen LogP contribution < -0.4 is 15.4 Å². The molecule has 0 unspecified atom stereocenters. The molecule has 0 aliphatic rings. The average Bonchev–Trinajstić information content (AvgIpc) is 3.29. The highest BCUT2D eigenvalue weighted by atomic mass is 32.2. The van der Waals surface area contributed by atoms with E-state index in [2.05, 4.69) is 20.5 Å². The minimum absolute atomic E-state index is 0.106. The normalized spacial score (nSPS) is 11.1. The summed E-state index contributed by atoms with van der Waals surface area (Å²) in [5.41, 5.74) is 2.88. The van der Waals surface area contributed by atoms with Gasteiger partial charge in [0, 0.05) is 18.4 Å². The van der Waals surface area contributed by atoms with Gasteiger partial charge >= 0.3 is 12.0 Å². The monoisotopic (exact) mass is 471 g/mol. The number of aromatic nitrogens is 2. The van der Waals surface area contributed by atoms with E-state index in [0.717, 1.165) is 5.56 Å². The number of benzene rings is 2. The molecule has 174 valence electrons. The van der Waals surface area contributed by atoms with Crippen LogP contribution in [0, 0.1) is 0 Å². The van der Waals surface area contributed by atoms with Gasteiger partial charge < -0.3 is 15.4 Å². The van der Waals surface area contributed by atoms with Crippen LogP contribution in [0.15, 0.2) is 60.8 Å². The lowest BCUT2D eigenvalue weighted by atomic mass is 10.1. The molecular weight excluding hydrogens is 446 g/mol. The van der Waals surface area contributed by atoms with Crippen molar-refractivity contribution in [3.63, 3.8) is 0 Å². The lowest BCUT2D eigenvalue weighted by molar-refractivity contribution is 0.0519. The van der Waals surface area contributed by atoms with Gasteiger partial charge in [0.15, 0.2) is 5.69 Å². The van der Waals surface area contributed by atoms with Crippen LogP contribution in [-0.2, 0) is 27.1 Å². The summed E-state index contributed by atoms with van der Waals surface area (Å²) >= 11 is 0. The quantitative estimate of drug-likeness (QED) is 0.411. The number of esters is 1. The second-order valence-corrected chi connectivity index (χ2v) is 8.93. The van der Waals surface area contributed by atoms with Crippen molar-refractivity contribution in [2.24, 2.45) is 0 Å². The summed E-state index contributed by atoms with van der Waals surface area (Å²) in [5.74, 6) is -0.604. The Morgan fingerprint density at radius 2 is 1.79 bits per heavy atom. The summed E-state index contributed by atoms with van der Waals surface area (Å²) in [6.07, 6.45) is 1.64. The van der Waals surface area contributed by atoms with Crippen molar-refractivity contribution in [3.05, 3.63) is 77.6 Å². The maximum absolute atomic E-state index is 12.3. The van der Waals surface area contributed by atoms with Crippen LogP contribution in [-0.4, -0.2) is 43.9 Å². The molecule has 11 heteroatoms. The zero-order chi connectivity index (χ0) is 23.8. The van der Waals surface area contributed by atoms with Crippen LogP contribution in [0.3, 0.4) is 0 Å². The molecule has 0 aliphatic carbocycles. The number of anilines is 1. The number of urea groups is 1. The number of ether oxygens (including phenoxy) is 1. The summed E-state index contributed by atoms with van der Waals surface area (Å²) in [4.78, 5) is 24.1. The summed E-state index contributed by atoms with van der Waals surface area (Å²) in [6, 6.07) is 15.1. The fourth-order valence-electron chi connectivity index (χ4n) is 2.91. The number of sulfonamides is 1. The van der Waals surface area contributed by atoms with E-state index >= 15 is 0 Å². The second kappa shape index (κ2) is 10.7. The van der Waals surface area contributed by atoms with Crippen LogP contribution in [0.25, 0.3) is 5.69 Å². The largest absolute Gasteiger partial charge is 0.461 e. The molecule has 0 bridgehead atoms. The second-order valence-electron chi connectivity index (χ2n) is 7.00. The standard InChI is InChI=1S/C22H25N5O5S/c1-3-32-21(28)20-11-12-27(26-20)19-6-4-5-18(13-19)25-22(29)24-14-16-7-9-17(10-8-16)15-33(30,31)23-2/h4-13,23H,3,14-15H2,1-2H3,(H2,24,25,29). The van der Waals surface area contributed by atoms with Gasteiger partial charge in [0.1, 0.15) is 0 Å². The molecule has 2 aromatic carbocycles. The van der Waals surface area contributed by atoms with Crippen molar-refractivity contribution >= 4 is 27.7 Å². The van der Waals surface area contributed by atoms with Gasteiger partial charge in [-0.15, -0.1) is 0 Å². The number of rotatable bonds is 9. The predicted molar refractivity (Wildman–Crippen MR) is 124 cm³/mol. The first-order valence-corrected chi connectivity index (χ1v) is 11.8. The maximum Gasteiger partial charge on any atom is 0.358 e. The molecule has 0 radical (unpaired) electrons. The van der Waals surface area contributed by atoms with Crippen LogP contribution in [0.2, 0.25) is 0 Å². The Labute approximate surface area is 192 Å². The smallest absolute Gasteiger partial charge is 0.358 e. The van der Waals surface area contributed by atoms with E-state index in [0.29, 0.717) is 16.9 Å². The number of carbonyl (C=O) groups is 2. The minimum atomic E-state index is -3.33. The van der Waals surface area contributed by atoms with Crippen molar-refractivity contribution < 1.29 is 22.7 Å². The van der Waals surface area contributed by atoms with Crippen molar-refractivity contribution in [1.29, 1.82) is 0 Å². The van der Waals surface area contributed by atoms with Gasteiger partial charge in [0.25, 0.3) is 0 Å². The highest BCUT2D eigenvalue weighted by molar-refractivity contribution is 7.88. The lowest BCUT2D eigenvalue weighted by Gasteiger charge is -2.10. The minimum Gasteiger partial charge on any atom is -0.461 e. The van der Waals surface area contributed by atoms with Crippen molar-refractivity contribution in [1.82, 2.24) is 19.8 Å². The highest BCUT2D eigenvalue weighted by Crippen LogP contribution is 2.15. The molecule has 0 fully saturated rings. The first-order chi connectivity index (χ1) is 15.8. The van der Waals surface area contributed by atoms with E-state index in [1.165, 1.54) is 11.7 Å². The summed E-state index contributed by atoms with van der Waals surface area (Å²) < 4.78 is 32.0. The van der Waals surface area contributed by atoms with E-state index in [1.54, 1.807) is 67.7 Å². The number of amides is 2. The molecule has 1 aromatic heterocycles. The third-order valence-corrected chi connectivity index (χ3v) is 5.92. The van der Waals surface area contributed by atoms with Gasteiger partial charge in [-0.1, -0.05) is 30.3 Å². The van der Waals surface area contributed by atoms with Crippen LogP contribution in [0.5, 0.6) is 0 Å². The molecule has 1 heterocycles. The van der Waals surface area contributed by atoms with E-state index < -0.39 is 22.0 Å². The molecule has 3 N–H and O–H groups in total. The van der Waals surface area contributed by atoms with Gasteiger partial charge in [0.05, 0.1) is 18.0 Å². The number of nitrogens with one attached hydrogen (secondary N) is 3. The molecule has 3 rings (SSSR count). The number of hydrogen-bond donors (Lipinski definition) is 3. The van der Waals surface area contributed by atoms with E-state index in [-0.39, 0.29) is 24.6 Å². The highest BCUT2D eigenvalue weighted by Gasteiger charge is 2.12. The third kappa shape index (κ3) is 6.89. The van der Waals surface area contributed by atoms with Crippen LogP contribution in [0.4, 0.5) is 10.5 Å². The maximum atomic E-state index is 12.3. The summed E-state index contributed by atoms with van der Waals surface area (Å²) in [7, 11) is -1.96. The van der Waals surface area contributed by atoms with Gasteiger partial charge in [-0.2, -0.15) is 5.10 Å². The van der Waals surface area contributed by atoms with Crippen molar-refractivity contribution in [3.8, 4) is 5.69 Å². The Kier molecular flexibility index (Phi) is 7.80. The first kappa shape index (κ1) is 24.0. The van der Waals surface area contributed by atoms with Crippen molar-refractivity contribution in [2.75, 3.05) is 19.0 Å². The summed E-state index contributed by atoms with van der Waals surface area (Å²) in [5, 5.41) is 9.71. The SMILES string of the molecule is CCOC(=O)c1ccn(-c2cccc(NC(=O)NCc3ccc(CS(=O)(=O)NC)cc3)c2)n1. The zero-order valence-electron chi connectivity index (χ0n) is 18.2. The van der Waals surface area contributed by atoms with Gasteiger partial charge in [0.2, 0.25) is 10.0 Å². The predicted octanol–water partition coefficient (Wildman–Crippen LogP) is 2.42. The van der Waals surface area contributed by atoms with Crippen LogP contribution in [0.1, 0.15) is 28.5 Å². The molecule has 0 atom stereocenters. The van der Waals surface area contributed by atoms with E-state index in [9.17, 15) is 18.0 Å². The average molecular weight is 472 g/mol. The molecule has 33 heavy (non-hydrogen) atoms. The fourth-order valence-corrected chi connectivity index (χ4v) is 3.69. The molecule has 10 nitrogen and oxygen atoms in total. The number of carbonyl (C=O) groups excluding carboxylic acids is 2. The topological polar surface area (TPSA) is 131 Å². The van der Waals surface area contributed by atoms with Gasteiger partial charge in [-0.25, -0.2) is 27.4 Å². The fraction of sp³-hybridized carbons (Fsp3) is 0.227. The Hall–Kier alpha value is -3.70. The Bertz CT molecular complexity index is 1220. The van der Waals surface area contributed by atoms with E-state index in [4.69, 9.17) is 4.74 Å². The molecule has 2 amide bonds. The molecule has 3 aromatic rings. The molecule has 0 saturated heterocycles. The molecule has 0 spiro atoms. The third-order valence-electron chi connectivity index (χ3n) is 4.59. The van der Waals surface area contributed by atoms with Crippen LogP contribution >= 0.6 is 0 Å². The number of nitrogens with zero attached hydrogens (tertiary/aromatic N) is 2. The van der Waals surface area contributed by atoms with Gasteiger partial charge in [-0.3, -0.25) is 0 Å². The Morgan fingerprint density at radius 3 is 2.48 bits per heavy atom. The van der Waals surface area contributed by atoms with E-state index in [1.807, 2.05) is 0 Å². The first-order valence-electron chi connectivity index (χ1n) is 10.2. The molecule has 0 saturated carbocycles. The lowest BCUT2D eigenvalue weighted by Crippen LogP contribution is -2.28. The molecular formula is C22H25N5O5S. The molecule has 0 aliphatic heterocycles. The Morgan fingerprint density at radius 1 is 1.06 bits per heavy atom.